The fraction of sp³-hybridized carbons (Fsp3) is 0.250. The summed E-state index contributed by atoms with van der Waals surface area (Å²) in [6.07, 6.45) is 9.51. The van der Waals surface area contributed by atoms with Crippen molar-refractivity contribution in [3.63, 3.8) is 0 Å². The monoisotopic (exact) mass is 317 g/mol. The van der Waals surface area contributed by atoms with Gasteiger partial charge in [0.15, 0.2) is 5.15 Å². The van der Waals surface area contributed by atoms with Gasteiger partial charge in [-0.3, -0.25) is 9.20 Å². The molecule has 5 nitrogen and oxygen atoms in total. The van der Waals surface area contributed by atoms with Gasteiger partial charge in [0.1, 0.15) is 5.65 Å². The van der Waals surface area contributed by atoms with Crippen LogP contribution >= 0.6 is 11.6 Å². The van der Waals surface area contributed by atoms with Crippen LogP contribution in [0.4, 0.5) is 0 Å². The number of nitrogens with one attached hydrogen (secondary N) is 1. The molecule has 1 aliphatic carbocycles. The molecule has 0 aromatic carbocycles. The van der Waals surface area contributed by atoms with E-state index in [2.05, 4.69) is 10.3 Å². The van der Waals surface area contributed by atoms with Gasteiger partial charge in [0.25, 0.3) is 0 Å². The van der Waals surface area contributed by atoms with E-state index in [1.54, 1.807) is 6.08 Å². The van der Waals surface area contributed by atoms with Gasteiger partial charge in [-0.15, -0.1) is 0 Å². The van der Waals surface area contributed by atoms with E-state index < -0.39 is 0 Å². The van der Waals surface area contributed by atoms with Crippen molar-refractivity contribution in [2.24, 2.45) is 5.92 Å². The largest absolute Gasteiger partial charge is 0.396 e. The van der Waals surface area contributed by atoms with E-state index in [1.165, 1.54) is 6.08 Å². The summed E-state index contributed by atoms with van der Waals surface area (Å²) in [7, 11) is 0. The molecular formula is C16H16ClN3O2. The number of amides is 1. The lowest BCUT2D eigenvalue weighted by molar-refractivity contribution is -0.116. The number of aromatic nitrogens is 2. The smallest absolute Gasteiger partial charge is 0.244 e. The van der Waals surface area contributed by atoms with Crippen molar-refractivity contribution in [3.8, 4) is 0 Å². The van der Waals surface area contributed by atoms with Crippen LogP contribution in [0.25, 0.3) is 11.7 Å². The molecule has 2 aromatic rings. The number of nitrogens with zero attached hydrogens (tertiary/aromatic N) is 2. The predicted molar refractivity (Wildman–Crippen MR) is 85.5 cm³/mol. The number of imidazole rings is 1. The topological polar surface area (TPSA) is 66.6 Å². The first-order valence-electron chi connectivity index (χ1n) is 7.07. The first kappa shape index (κ1) is 14.8. The highest BCUT2D eigenvalue weighted by Gasteiger charge is 2.18. The molecule has 0 aliphatic heterocycles. The van der Waals surface area contributed by atoms with E-state index in [0.717, 1.165) is 12.1 Å². The zero-order valence-electron chi connectivity index (χ0n) is 11.8. The Kier molecular flexibility index (Phi) is 4.27. The maximum atomic E-state index is 12.0. The summed E-state index contributed by atoms with van der Waals surface area (Å²) in [6.45, 7) is 0.107. The van der Waals surface area contributed by atoms with E-state index >= 15 is 0 Å². The standard InChI is InChI=1S/C16H16ClN3O2/c17-16-13(20-8-2-1-3-14(20)19-16)6-7-15(22)18-12-5-4-11(9-12)10-21/h1-8,11-12,21H,9-10H2,(H,18,22)/b7-6+/t11-,12+/m0/s1. The molecule has 2 N–H and O–H groups in total. The summed E-state index contributed by atoms with van der Waals surface area (Å²) in [5.74, 6) is -0.0716. The average molecular weight is 318 g/mol. The Morgan fingerprint density at radius 1 is 1.50 bits per heavy atom. The maximum absolute atomic E-state index is 12.0. The summed E-state index contributed by atoms with van der Waals surface area (Å²) in [5, 5.41) is 12.3. The average Bonchev–Trinajstić information content (AvgIpc) is 3.08. The Labute approximate surface area is 132 Å². The van der Waals surface area contributed by atoms with Crippen molar-refractivity contribution < 1.29 is 9.90 Å². The summed E-state index contributed by atoms with van der Waals surface area (Å²) in [6, 6.07) is 5.57. The normalized spacial score (nSPS) is 21.0. The number of carbonyl (C=O) groups excluding carboxylic acids is 1. The van der Waals surface area contributed by atoms with Crippen LogP contribution in [0.15, 0.2) is 42.6 Å². The highest BCUT2D eigenvalue weighted by Crippen LogP contribution is 2.19. The number of fused-ring (bicyclic) bond motifs is 1. The van der Waals surface area contributed by atoms with Crippen molar-refractivity contribution in [1.29, 1.82) is 0 Å². The molecule has 0 unspecified atom stereocenters. The third kappa shape index (κ3) is 3.05. The van der Waals surface area contributed by atoms with Crippen molar-refractivity contribution in [2.45, 2.75) is 12.5 Å². The molecule has 6 heteroatoms. The van der Waals surface area contributed by atoms with Crippen molar-refractivity contribution in [3.05, 3.63) is 53.5 Å². The Morgan fingerprint density at radius 2 is 2.36 bits per heavy atom. The van der Waals surface area contributed by atoms with Gasteiger partial charge in [-0.1, -0.05) is 29.8 Å². The van der Waals surface area contributed by atoms with Crippen LogP contribution < -0.4 is 5.32 Å². The fourth-order valence-electron chi connectivity index (χ4n) is 2.54. The first-order chi connectivity index (χ1) is 10.7. The van der Waals surface area contributed by atoms with Crippen LogP contribution in [-0.4, -0.2) is 33.0 Å². The highest BCUT2D eigenvalue weighted by molar-refractivity contribution is 6.31. The first-order valence-corrected chi connectivity index (χ1v) is 7.45. The third-order valence-corrected chi connectivity index (χ3v) is 3.93. The quantitative estimate of drug-likeness (QED) is 0.670. The van der Waals surface area contributed by atoms with Gasteiger partial charge in [-0.25, -0.2) is 4.98 Å². The Bertz CT molecular complexity index is 751. The minimum atomic E-state index is -0.199. The van der Waals surface area contributed by atoms with Crippen LogP contribution in [0.3, 0.4) is 0 Å². The van der Waals surface area contributed by atoms with E-state index in [-0.39, 0.29) is 24.5 Å². The lowest BCUT2D eigenvalue weighted by Crippen LogP contribution is -2.31. The zero-order valence-corrected chi connectivity index (χ0v) is 12.6. The highest BCUT2D eigenvalue weighted by atomic mass is 35.5. The molecule has 1 aliphatic rings. The molecule has 2 atom stereocenters. The van der Waals surface area contributed by atoms with E-state index in [1.807, 2.05) is 40.9 Å². The summed E-state index contributed by atoms with van der Waals surface area (Å²) < 4.78 is 1.82. The van der Waals surface area contributed by atoms with Crippen molar-refractivity contribution in [1.82, 2.24) is 14.7 Å². The Balaban J connectivity index is 1.69. The Hall–Kier alpha value is -2.11. The molecule has 0 bridgehead atoms. The number of pyridine rings is 1. The number of carbonyl (C=O) groups is 1. The number of halogens is 1. The number of hydrogen-bond acceptors (Lipinski definition) is 3. The van der Waals surface area contributed by atoms with Crippen LogP contribution in [0.5, 0.6) is 0 Å². The molecule has 3 rings (SSSR count). The third-order valence-electron chi connectivity index (χ3n) is 3.65. The predicted octanol–water partition coefficient (Wildman–Crippen LogP) is 2.05. The number of rotatable bonds is 4. The van der Waals surface area contributed by atoms with Crippen molar-refractivity contribution in [2.75, 3.05) is 6.61 Å². The molecule has 0 saturated carbocycles. The number of aliphatic hydroxyl groups is 1. The van der Waals surface area contributed by atoms with Gasteiger partial charge in [-0.2, -0.15) is 0 Å². The molecule has 22 heavy (non-hydrogen) atoms. The molecule has 0 radical (unpaired) electrons. The molecule has 114 valence electrons. The minimum absolute atomic E-state index is 0.0352. The summed E-state index contributed by atoms with van der Waals surface area (Å²) >= 11 is 6.11. The number of hydrogen-bond donors (Lipinski definition) is 2. The van der Waals surface area contributed by atoms with Gasteiger partial charge < -0.3 is 10.4 Å². The molecule has 2 heterocycles. The SMILES string of the molecule is O=C(/C=C/c1c(Cl)nc2ccccn12)N[C@@H]1C=C[C@H](CO)C1. The van der Waals surface area contributed by atoms with Gasteiger partial charge in [0, 0.05) is 30.8 Å². The van der Waals surface area contributed by atoms with Crippen LogP contribution in [-0.2, 0) is 4.79 Å². The minimum Gasteiger partial charge on any atom is -0.396 e. The second-order valence-corrected chi connectivity index (χ2v) is 5.59. The molecule has 0 spiro atoms. The van der Waals surface area contributed by atoms with Gasteiger partial charge in [0.2, 0.25) is 5.91 Å². The molecule has 0 saturated heterocycles. The van der Waals surface area contributed by atoms with Crippen LogP contribution in [0.2, 0.25) is 5.15 Å². The summed E-state index contributed by atoms with van der Waals surface area (Å²) in [4.78, 5) is 16.2. The molecular weight excluding hydrogens is 302 g/mol. The van der Waals surface area contributed by atoms with E-state index in [9.17, 15) is 4.79 Å². The second kappa shape index (κ2) is 6.34. The lowest BCUT2D eigenvalue weighted by Gasteiger charge is -2.10. The van der Waals surface area contributed by atoms with Gasteiger partial charge in [0.05, 0.1) is 5.69 Å². The van der Waals surface area contributed by atoms with Gasteiger partial charge >= 0.3 is 0 Å². The fourth-order valence-corrected chi connectivity index (χ4v) is 2.78. The van der Waals surface area contributed by atoms with E-state index in [4.69, 9.17) is 16.7 Å². The van der Waals surface area contributed by atoms with Gasteiger partial charge in [-0.05, 0) is 24.6 Å². The molecule has 0 fully saturated rings. The lowest BCUT2D eigenvalue weighted by atomic mass is 10.1. The zero-order chi connectivity index (χ0) is 15.5. The summed E-state index contributed by atoms with van der Waals surface area (Å²) in [5.41, 5.74) is 1.40. The van der Waals surface area contributed by atoms with Crippen LogP contribution in [0, 0.1) is 5.92 Å². The second-order valence-electron chi connectivity index (χ2n) is 5.23. The van der Waals surface area contributed by atoms with Crippen LogP contribution in [0.1, 0.15) is 12.1 Å². The maximum Gasteiger partial charge on any atom is 0.244 e. The molecule has 2 aromatic heterocycles. The number of aliphatic hydroxyl groups excluding tert-OH is 1. The Morgan fingerprint density at radius 3 is 3.14 bits per heavy atom. The van der Waals surface area contributed by atoms with Crippen molar-refractivity contribution >= 4 is 29.2 Å². The molecule has 1 amide bonds. The van der Waals surface area contributed by atoms with E-state index in [0.29, 0.717) is 10.8 Å².